The third-order valence-corrected chi connectivity index (χ3v) is 3.85. The van der Waals surface area contributed by atoms with Crippen molar-refractivity contribution in [2.75, 3.05) is 0 Å². The number of aromatic nitrogens is 2. The Bertz CT molecular complexity index is 575. The molecule has 1 aromatic heterocycles. The van der Waals surface area contributed by atoms with E-state index in [-0.39, 0.29) is 6.04 Å². The van der Waals surface area contributed by atoms with E-state index >= 15 is 0 Å². The number of aryl methyl sites for hydroxylation is 3. The largest absolute Gasteiger partial charge is 0.324 e. The highest BCUT2D eigenvalue weighted by Gasteiger charge is 2.12. The van der Waals surface area contributed by atoms with Crippen LogP contribution in [0.3, 0.4) is 0 Å². The number of benzene rings is 1. The molecule has 2 rings (SSSR count). The summed E-state index contributed by atoms with van der Waals surface area (Å²) in [5, 5.41) is 5.23. The summed E-state index contributed by atoms with van der Waals surface area (Å²) < 4.78 is 1.92. The monoisotopic (exact) mass is 277 g/mol. The van der Waals surface area contributed by atoms with Gasteiger partial charge >= 0.3 is 0 Å². The Balaban J connectivity index is 2.17. The van der Waals surface area contributed by atoms with Crippen LogP contribution in [0.1, 0.15) is 35.5 Å². The zero-order valence-corrected chi connectivity index (χ0v) is 12.4. The first kappa shape index (κ1) is 14.1. The highest BCUT2D eigenvalue weighted by atomic mass is 35.5. The summed E-state index contributed by atoms with van der Waals surface area (Å²) in [6.45, 7) is 4.10. The standard InChI is InChI=1S/C15H20ClN3/c1-4-12-8-13(19(3)18-12)9-15(17)11-5-6-14(16)10(2)7-11/h5-8,15H,4,9,17H2,1-3H3. The first-order chi connectivity index (χ1) is 9.01. The van der Waals surface area contributed by atoms with Crippen molar-refractivity contribution in [2.45, 2.75) is 32.7 Å². The first-order valence-corrected chi connectivity index (χ1v) is 6.92. The van der Waals surface area contributed by atoms with Crippen LogP contribution < -0.4 is 5.73 Å². The zero-order valence-electron chi connectivity index (χ0n) is 11.7. The lowest BCUT2D eigenvalue weighted by Crippen LogP contribution is -2.15. The van der Waals surface area contributed by atoms with E-state index in [2.05, 4.69) is 24.2 Å². The average molecular weight is 278 g/mol. The fourth-order valence-electron chi connectivity index (χ4n) is 2.18. The molecule has 1 heterocycles. The maximum atomic E-state index is 6.28. The minimum Gasteiger partial charge on any atom is -0.324 e. The fraction of sp³-hybridized carbons (Fsp3) is 0.400. The Morgan fingerprint density at radius 3 is 2.68 bits per heavy atom. The molecule has 1 unspecified atom stereocenters. The van der Waals surface area contributed by atoms with Gasteiger partial charge < -0.3 is 5.73 Å². The summed E-state index contributed by atoms with van der Waals surface area (Å²) in [5.41, 5.74) is 10.7. The molecule has 0 aliphatic rings. The summed E-state index contributed by atoms with van der Waals surface area (Å²) in [5.74, 6) is 0. The van der Waals surface area contributed by atoms with Gasteiger partial charge in [-0.1, -0.05) is 30.7 Å². The second kappa shape index (κ2) is 5.76. The molecule has 3 nitrogen and oxygen atoms in total. The number of halogens is 1. The van der Waals surface area contributed by atoms with Gasteiger partial charge in [0, 0.05) is 30.2 Å². The van der Waals surface area contributed by atoms with E-state index in [1.807, 2.05) is 30.8 Å². The van der Waals surface area contributed by atoms with Crippen LogP contribution in [-0.2, 0) is 19.9 Å². The molecule has 0 radical (unpaired) electrons. The van der Waals surface area contributed by atoms with Gasteiger partial charge in [-0.2, -0.15) is 5.10 Å². The van der Waals surface area contributed by atoms with Crippen molar-refractivity contribution < 1.29 is 0 Å². The van der Waals surface area contributed by atoms with Crippen LogP contribution in [0.4, 0.5) is 0 Å². The van der Waals surface area contributed by atoms with Gasteiger partial charge in [0.05, 0.1) is 5.69 Å². The number of hydrogen-bond donors (Lipinski definition) is 1. The van der Waals surface area contributed by atoms with Crippen LogP contribution >= 0.6 is 11.6 Å². The molecule has 1 aromatic carbocycles. The van der Waals surface area contributed by atoms with Crippen LogP contribution in [0.15, 0.2) is 24.3 Å². The molecule has 0 saturated carbocycles. The van der Waals surface area contributed by atoms with Crippen molar-refractivity contribution in [3.63, 3.8) is 0 Å². The van der Waals surface area contributed by atoms with Gasteiger partial charge in [0.25, 0.3) is 0 Å². The molecule has 2 N–H and O–H groups in total. The lowest BCUT2D eigenvalue weighted by atomic mass is 10.0. The van der Waals surface area contributed by atoms with Gasteiger partial charge in [-0.3, -0.25) is 4.68 Å². The van der Waals surface area contributed by atoms with Gasteiger partial charge in [-0.05, 0) is 36.6 Å². The first-order valence-electron chi connectivity index (χ1n) is 6.54. The molecule has 4 heteroatoms. The zero-order chi connectivity index (χ0) is 14.0. The van der Waals surface area contributed by atoms with E-state index in [4.69, 9.17) is 17.3 Å². The Labute approximate surface area is 119 Å². The SMILES string of the molecule is CCc1cc(CC(N)c2ccc(Cl)c(C)c2)n(C)n1. The molecule has 102 valence electrons. The van der Waals surface area contributed by atoms with Crippen molar-refractivity contribution in [3.05, 3.63) is 51.8 Å². The Hall–Kier alpha value is -1.32. The maximum absolute atomic E-state index is 6.28. The summed E-state index contributed by atoms with van der Waals surface area (Å²) in [6, 6.07) is 8.06. The average Bonchev–Trinajstić information content (AvgIpc) is 2.73. The second-order valence-corrected chi connectivity index (χ2v) is 5.33. The van der Waals surface area contributed by atoms with E-state index in [0.717, 1.165) is 40.4 Å². The highest BCUT2D eigenvalue weighted by Crippen LogP contribution is 2.22. The summed E-state index contributed by atoms with van der Waals surface area (Å²) >= 11 is 6.04. The molecule has 0 fully saturated rings. The Morgan fingerprint density at radius 1 is 1.37 bits per heavy atom. The van der Waals surface area contributed by atoms with Crippen molar-refractivity contribution in [3.8, 4) is 0 Å². The normalized spacial score (nSPS) is 12.7. The third kappa shape index (κ3) is 3.17. The van der Waals surface area contributed by atoms with E-state index in [9.17, 15) is 0 Å². The predicted octanol–water partition coefficient (Wildman–Crippen LogP) is 3.19. The van der Waals surface area contributed by atoms with Crippen LogP contribution in [0.2, 0.25) is 5.02 Å². The molecule has 2 aromatic rings. The molecule has 19 heavy (non-hydrogen) atoms. The van der Waals surface area contributed by atoms with Crippen molar-refractivity contribution >= 4 is 11.6 Å². The number of rotatable bonds is 4. The molecule has 0 bridgehead atoms. The maximum Gasteiger partial charge on any atom is 0.0624 e. The summed E-state index contributed by atoms with van der Waals surface area (Å²) in [7, 11) is 1.97. The predicted molar refractivity (Wildman–Crippen MR) is 79.4 cm³/mol. The van der Waals surface area contributed by atoms with E-state index in [1.54, 1.807) is 0 Å². The molecule has 0 spiro atoms. The minimum absolute atomic E-state index is 0.0314. The quantitative estimate of drug-likeness (QED) is 0.933. The van der Waals surface area contributed by atoms with Crippen molar-refractivity contribution in [1.82, 2.24) is 9.78 Å². The van der Waals surface area contributed by atoms with Crippen LogP contribution in [0.5, 0.6) is 0 Å². The fourth-order valence-corrected chi connectivity index (χ4v) is 2.29. The number of nitrogens with two attached hydrogens (primary N) is 1. The number of nitrogens with zero attached hydrogens (tertiary/aromatic N) is 2. The number of hydrogen-bond acceptors (Lipinski definition) is 2. The Kier molecular flexibility index (Phi) is 4.27. The topological polar surface area (TPSA) is 43.8 Å². The van der Waals surface area contributed by atoms with E-state index < -0.39 is 0 Å². The van der Waals surface area contributed by atoms with Gasteiger partial charge in [0.2, 0.25) is 0 Å². The van der Waals surface area contributed by atoms with Gasteiger partial charge in [-0.15, -0.1) is 0 Å². The molecule has 0 saturated heterocycles. The van der Waals surface area contributed by atoms with Crippen LogP contribution in [-0.4, -0.2) is 9.78 Å². The van der Waals surface area contributed by atoms with Crippen LogP contribution in [0, 0.1) is 6.92 Å². The molecular formula is C15H20ClN3. The van der Waals surface area contributed by atoms with E-state index in [1.165, 1.54) is 0 Å². The molecule has 0 amide bonds. The van der Waals surface area contributed by atoms with Gasteiger partial charge in [0.15, 0.2) is 0 Å². The van der Waals surface area contributed by atoms with Gasteiger partial charge in [0.1, 0.15) is 0 Å². The lowest BCUT2D eigenvalue weighted by Gasteiger charge is -2.13. The van der Waals surface area contributed by atoms with Gasteiger partial charge in [-0.25, -0.2) is 0 Å². The molecule has 0 aliphatic carbocycles. The minimum atomic E-state index is -0.0314. The van der Waals surface area contributed by atoms with Crippen molar-refractivity contribution in [2.24, 2.45) is 12.8 Å². The van der Waals surface area contributed by atoms with E-state index in [0.29, 0.717) is 0 Å². The molecular weight excluding hydrogens is 258 g/mol. The second-order valence-electron chi connectivity index (χ2n) is 4.92. The van der Waals surface area contributed by atoms with Crippen LogP contribution in [0.25, 0.3) is 0 Å². The highest BCUT2D eigenvalue weighted by molar-refractivity contribution is 6.31. The lowest BCUT2D eigenvalue weighted by molar-refractivity contribution is 0.638. The molecule has 1 atom stereocenters. The smallest absolute Gasteiger partial charge is 0.0624 e. The van der Waals surface area contributed by atoms with Crippen molar-refractivity contribution in [1.29, 1.82) is 0 Å². The molecule has 0 aliphatic heterocycles. The summed E-state index contributed by atoms with van der Waals surface area (Å²) in [6.07, 6.45) is 1.73. The Morgan fingerprint density at radius 2 is 2.11 bits per heavy atom. The summed E-state index contributed by atoms with van der Waals surface area (Å²) in [4.78, 5) is 0. The third-order valence-electron chi connectivity index (χ3n) is 3.43.